The van der Waals surface area contributed by atoms with Crippen molar-refractivity contribution in [3.8, 4) is 5.88 Å². The van der Waals surface area contributed by atoms with Crippen molar-refractivity contribution in [1.29, 1.82) is 0 Å². The predicted octanol–water partition coefficient (Wildman–Crippen LogP) is -0.716. The third-order valence-corrected chi connectivity index (χ3v) is 2.40. The minimum atomic E-state index is -0.736. The topological polar surface area (TPSA) is 98.3 Å². The Morgan fingerprint density at radius 3 is 2.39 bits per heavy atom. The van der Waals surface area contributed by atoms with Crippen LogP contribution in [0.4, 0.5) is 0 Å². The normalized spacial score (nSPS) is 12.8. The molecule has 0 atom stereocenters. The van der Waals surface area contributed by atoms with E-state index in [1.54, 1.807) is 6.92 Å². The third-order valence-electron chi connectivity index (χ3n) is 2.40. The number of aromatic hydroxyl groups is 1. The smallest absolute Gasteiger partial charge is 0.328 e. The van der Waals surface area contributed by atoms with Gasteiger partial charge in [0, 0.05) is 0 Å². The molecule has 1 aromatic heterocycles. The van der Waals surface area contributed by atoms with Crippen molar-refractivity contribution >= 4 is 5.71 Å². The van der Waals surface area contributed by atoms with Gasteiger partial charge in [0.25, 0.3) is 5.56 Å². The van der Waals surface area contributed by atoms with Crippen LogP contribution in [0.3, 0.4) is 0 Å². The number of H-pyrrole nitrogens is 2. The van der Waals surface area contributed by atoms with Crippen LogP contribution in [0.2, 0.25) is 0 Å². The van der Waals surface area contributed by atoms with Crippen molar-refractivity contribution < 1.29 is 9.59 Å². The van der Waals surface area contributed by atoms with E-state index in [0.717, 1.165) is 11.0 Å². The average Bonchev–Trinajstić information content (AvgIpc) is 2.13. The predicted molar refractivity (Wildman–Crippen MR) is 69.3 cm³/mol. The van der Waals surface area contributed by atoms with Crippen molar-refractivity contribution in [2.24, 2.45) is 4.99 Å². The Bertz CT molecular complexity index is 563. The van der Waals surface area contributed by atoms with Crippen molar-refractivity contribution in [2.45, 2.75) is 6.92 Å². The number of aliphatic imine (C=N–C) groups is 1. The molecule has 1 aromatic rings. The molecule has 1 rings (SSSR count). The summed E-state index contributed by atoms with van der Waals surface area (Å²) in [5.74, 6) is -0.449. The highest BCUT2D eigenvalue weighted by Crippen LogP contribution is 2.06. The number of hydrogen-bond acceptors (Lipinski definition) is 4. The van der Waals surface area contributed by atoms with Gasteiger partial charge in [-0.1, -0.05) is 0 Å². The van der Waals surface area contributed by atoms with E-state index in [1.807, 2.05) is 21.1 Å². The van der Waals surface area contributed by atoms with Crippen LogP contribution in [0.15, 0.2) is 14.6 Å². The van der Waals surface area contributed by atoms with Gasteiger partial charge < -0.3 is 9.59 Å². The van der Waals surface area contributed by atoms with Gasteiger partial charge in [0.2, 0.25) is 5.88 Å². The summed E-state index contributed by atoms with van der Waals surface area (Å²) in [6.07, 6.45) is 0. The maximum atomic E-state index is 11.5. The summed E-state index contributed by atoms with van der Waals surface area (Å²) in [5.41, 5.74) is -0.961. The number of nitrogens with one attached hydrogen (secondary N) is 2. The molecular weight excluding hydrogens is 236 g/mol. The van der Waals surface area contributed by atoms with Gasteiger partial charge in [-0.2, -0.15) is 0 Å². The van der Waals surface area contributed by atoms with E-state index in [4.69, 9.17) is 0 Å². The first-order chi connectivity index (χ1) is 8.20. The first kappa shape index (κ1) is 14.2. The van der Waals surface area contributed by atoms with Crippen molar-refractivity contribution in [3.63, 3.8) is 0 Å². The molecule has 0 fully saturated rings. The lowest BCUT2D eigenvalue weighted by atomic mass is 10.2. The van der Waals surface area contributed by atoms with Crippen LogP contribution in [0.25, 0.3) is 0 Å². The molecule has 0 aromatic carbocycles. The summed E-state index contributed by atoms with van der Waals surface area (Å²) in [7, 11) is 6.11. The van der Waals surface area contributed by atoms with Crippen LogP contribution in [0.1, 0.15) is 12.5 Å². The lowest BCUT2D eigenvalue weighted by Crippen LogP contribution is -2.37. The van der Waals surface area contributed by atoms with Gasteiger partial charge >= 0.3 is 5.69 Å². The van der Waals surface area contributed by atoms with Gasteiger partial charge in [0.15, 0.2) is 0 Å². The minimum absolute atomic E-state index is 0.0102. The zero-order valence-electron chi connectivity index (χ0n) is 11.1. The van der Waals surface area contributed by atoms with E-state index in [2.05, 4.69) is 15.0 Å². The molecule has 18 heavy (non-hydrogen) atoms. The van der Waals surface area contributed by atoms with E-state index in [9.17, 15) is 14.7 Å². The minimum Gasteiger partial charge on any atom is -0.494 e. The fourth-order valence-electron chi connectivity index (χ4n) is 1.41. The molecule has 0 aliphatic rings. The number of aromatic nitrogens is 2. The van der Waals surface area contributed by atoms with E-state index in [1.165, 1.54) is 0 Å². The van der Waals surface area contributed by atoms with Gasteiger partial charge in [0.05, 0.1) is 39.9 Å². The second-order valence-electron chi connectivity index (χ2n) is 5.11. The molecule has 0 bridgehead atoms. The Balaban J connectivity index is 2.98. The third kappa shape index (κ3) is 3.85. The molecule has 0 spiro atoms. The summed E-state index contributed by atoms with van der Waals surface area (Å²) >= 11 is 0. The highest BCUT2D eigenvalue weighted by Gasteiger charge is 2.12. The molecule has 0 aliphatic carbocycles. The van der Waals surface area contributed by atoms with Gasteiger partial charge in [-0.15, -0.1) is 0 Å². The van der Waals surface area contributed by atoms with Crippen LogP contribution in [-0.4, -0.2) is 59.5 Å². The van der Waals surface area contributed by atoms with Gasteiger partial charge in [-0.3, -0.25) is 19.8 Å². The number of rotatable bonds is 4. The first-order valence-corrected chi connectivity index (χ1v) is 5.58. The summed E-state index contributed by atoms with van der Waals surface area (Å²) < 4.78 is 0.755. The Labute approximate surface area is 104 Å². The lowest BCUT2D eigenvalue weighted by molar-refractivity contribution is -0.868. The molecule has 0 aliphatic heterocycles. The quantitative estimate of drug-likeness (QED) is 0.489. The summed E-state index contributed by atoms with van der Waals surface area (Å²) in [6, 6.07) is 0. The van der Waals surface area contributed by atoms with Gasteiger partial charge in [0.1, 0.15) is 5.56 Å². The maximum absolute atomic E-state index is 11.5. The Morgan fingerprint density at radius 1 is 1.28 bits per heavy atom. The molecular formula is C11H19N4O3+. The summed E-state index contributed by atoms with van der Waals surface area (Å²) in [6.45, 7) is 2.96. The van der Waals surface area contributed by atoms with E-state index < -0.39 is 17.1 Å². The molecule has 0 amide bonds. The molecule has 100 valence electrons. The monoisotopic (exact) mass is 255 g/mol. The van der Waals surface area contributed by atoms with Crippen LogP contribution < -0.4 is 11.2 Å². The Morgan fingerprint density at radius 2 is 1.89 bits per heavy atom. The Hall–Kier alpha value is -1.89. The number of hydrogen-bond donors (Lipinski definition) is 3. The lowest BCUT2D eigenvalue weighted by Gasteiger charge is -2.22. The second-order valence-corrected chi connectivity index (χ2v) is 5.11. The first-order valence-electron chi connectivity index (χ1n) is 5.58. The fraction of sp³-hybridized carbons (Fsp3) is 0.545. The van der Waals surface area contributed by atoms with E-state index in [-0.39, 0.29) is 5.56 Å². The van der Waals surface area contributed by atoms with Crippen molar-refractivity contribution in [2.75, 3.05) is 34.2 Å². The van der Waals surface area contributed by atoms with Crippen LogP contribution in [0.5, 0.6) is 5.88 Å². The zero-order valence-corrected chi connectivity index (χ0v) is 11.1. The second kappa shape index (κ2) is 5.18. The largest absolute Gasteiger partial charge is 0.494 e. The molecule has 0 saturated carbocycles. The summed E-state index contributed by atoms with van der Waals surface area (Å²) in [5, 5.41) is 9.54. The zero-order chi connectivity index (χ0) is 13.9. The molecule has 7 heteroatoms. The van der Waals surface area contributed by atoms with Crippen LogP contribution in [-0.2, 0) is 0 Å². The molecule has 1 heterocycles. The highest BCUT2D eigenvalue weighted by molar-refractivity contribution is 6.00. The molecule has 0 radical (unpaired) electrons. The Kier molecular flexibility index (Phi) is 4.07. The van der Waals surface area contributed by atoms with Crippen LogP contribution in [0, 0.1) is 0 Å². The molecule has 7 nitrogen and oxygen atoms in total. The van der Waals surface area contributed by atoms with Crippen molar-refractivity contribution in [1.82, 2.24) is 9.97 Å². The number of quaternary nitrogens is 1. The van der Waals surface area contributed by atoms with Gasteiger partial charge in [-0.25, -0.2) is 4.79 Å². The maximum Gasteiger partial charge on any atom is 0.328 e. The van der Waals surface area contributed by atoms with Crippen molar-refractivity contribution in [3.05, 3.63) is 26.4 Å². The number of nitrogens with zero attached hydrogens (tertiary/aromatic N) is 2. The van der Waals surface area contributed by atoms with Crippen LogP contribution >= 0.6 is 0 Å². The number of likely N-dealkylation sites (N-methyl/N-ethyl adjacent to an activating group) is 1. The molecule has 3 N–H and O–H groups in total. The van der Waals surface area contributed by atoms with E-state index in [0.29, 0.717) is 12.3 Å². The summed E-state index contributed by atoms with van der Waals surface area (Å²) in [4.78, 5) is 30.9. The molecule has 0 unspecified atom stereocenters. The van der Waals surface area contributed by atoms with E-state index >= 15 is 0 Å². The highest BCUT2D eigenvalue weighted by atomic mass is 16.3. The van der Waals surface area contributed by atoms with Gasteiger partial charge in [-0.05, 0) is 6.92 Å². The standard InChI is InChI=1S/C11H18N4O3/c1-7(12-5-6-15(2,3)4)8-9(16)13-11(18)14-10(8)17/h5-6H2,1-4H3,(H2-,12,13,14,16,17,18)/p+1. The molecule has 0 saturated heterocycles. The average molecular weight is 255 g/mol. The number of aromatic amines is 2. The SMILES string of the molecule is CC(=NCC[N+](C)(C)C)c1c(O)[nH]c(=O)[nH]c1=O. The fourth-order valence-corrected chi connectivity index (χ4v) is 1.41.